The van der Waals surface area contributed by atoms with Crippen molar-refractivity contribution in [3.05, 3.63) is 106 Å². The van der Waals surface area contributed by atoms with E-state index >= 15 is 0 Å². The smallest absolute Gasteiger partial charge is 0.00707 e. The third kappa shape index (κ3) is 3.05. The fraction of sp³-hybridized carbons (Fsp3) is 0.167. The van der Waals surface area contributed by atoms with Crippen molar-refractivity contribution in [2.45, 2.75) is 27.7 Å². The molecule has 0 heterocycles. The lowest BCUT2D eigenvalue weighted by Crippen LogP contribution is -2.00. The fourth-order valence-corrected chi connectivity index (χ4v) is 3.32. The molecule has 3 aromatic carbocycles. The maximum atomic E-state index is 2.24. The molecule has 0 fully saturated rings. The minimum Gasteiger partial charge on any atom is -0.0622 e. The summed E-state index contributed by atoms with van der Waals surface area (Å²) < 4.78 is 0. The maximum Gasteiger partial charge on any atom is -0.00707 e. The first-order valence-corrected chi connectivity index (χ1v) is 8.48. The average Bonchev–Trinajstić information content (AvgIpc) is 2.63. The summed E-state index contributed by atoms with van der Waals surface area (Å²) in [5, 5.41) is 0. The highest BCUT2D eigenvalue weighted by Gasteiger charge is 2.15. The van der Waals surface area contributed by atoms with Gasteiger partial charge >= 0.3 is 0 Å². The van der Waals surface area contributed by atoms with Crippen molar-refractivity contribution in [2.75, 3.05) is 0 Å². The highest BCUT2D eigenvalue weighted by Crippen LogP contribution is 2.36. The molecule has 0 saturated heterocycles. The molecular formula is C24H24. The van der Waals surface area contributed by atoms with E-state index in [4.69, 9.17) is 0 Å². The van der Waals surface area contributed by atoms with Crippen molar-refractivity contribution in [1.82, 2.24) is 0 Å². The van der Waals surface area contributed by atoms with E-state index in [1.54, 1.807) is 0 Å². The Morgan fingerprint density at radius 1 is 0.583 bits per heavy atom. The van der Waals surface area contributed by atoms with Crippen LogP contribution < -0.4 is 0 Å². The SMILES string of the molecule is C/C(=C(/c1ccccc1)c1c(C)ccc(C)c1C)c1ccccc1. The van der Waals surface area contributed by atoms with Crippen molar-refractivity contribution in [1.29, 1.82) is 0 Å². The first kappa shape index (κ1) is 16.3. The summed E-state index contributed by atoms with van der Waals surface area (Å²) in [4.78, 5) is 0. The van der Waals surface area contributed by atoms with E-state index < -0.39 is 0 Å². The van der Waals surface area contributed by atoms with Crippen LogP contribution in [0.3, 0.4) is 0 Å². The normalized spacial score (nSPS) is 12.0. The van der Waals surface area contributed by atoms with Gasteiger partial charge in [-0.3, -0.25) is 0 Å². The van der Waals surface area contributed by atoms with Crippen LogP contribution in [0.15, 0.2) is 72.8 Å². The number of benzene rings is 3. The lowest BCUT2D eigenvalue weighted by atomic mass is 9.84. The zero-order valence-electron chi connectivity index (χ0n) is 14.9. The quantitative estimate of drug-likeness (QED) is 0.478. The molecule has 0 N–H and O–H groups in total. The Morgan fingerprint density at radius 2 is 1.08 bits per heavy atom. The first-order valence-electron chi connectivity index (χ1n) is 8.48. The highest BCUT2D eigenvalue weighted by molar-refractivity contribution is 5.99. The molecule has 0 unspecified atom stereocenters. The zero-order valence-corrected chi connectivity index (χ0v) is 14.9. The highest BCUT2D eigenvalue weighted by atomic mass is 14.2. The summed E-state index contributed by atoms with van der Waals surface area (Å²) in [6.45, 7) is 8.87. The van der Waals surface area contributed by atoms with Gasteiger partial charge in [0.1, 0.15) is 0 Å². The van der Waals surface area contributed by atoms with E-state index in [1.165, 1.54) is 44.5 Å². The molecule has 0 nitrogen and oxygen atoms in total. The van der Waals surface area contributed by atoms with Gasteiger partial charge in [-0.05, 0) is 72.2 Å². The van der Waals surface area contributed by atoms with Crippen molar-refractivity contribution < 1.29 is 0 Å². The van der Waals surface area contributed by atoms with Crippen LogP contribution >= 0.6 is 0 Å². The lowest BCUT2D eigenvalue weighted by molar-refractivity contribution is 1.26. The van der Waals surface area contributed by atoms with E-state index in [2.05, 4.69) is 100 Å². The van der Waals surface area contributed by atoms with E-state index in [9.17, 15) is 0 Å². The number of rotatable bonds is 3. The van der Waals surface area contributed by atoms with Gasteiger partial charge in [0, 0.05) is 0 Å². The molecule has 0 heteroatoms. The summed E-state index contributed by atoms with van der Waals surface area (Å²) in [5.74, 6) is 0. The van der Waals surface area contributed by atoms with E-state index in [-0.39, 0.29) is 0 Å². The van der Waals surface area contributed by atoms with Crippen molar-refractivity contribution in [2.24, 2.45) is 0 Å². The lowest BCUT2D eigenvalue weighted by Gasteiger charge is -2.20. The minimum absolute atomic E-state index is 1.27. The van der Waals surface area contributed by atoms with Crippen LogP contribution in [0.25, 0.3) is 11.1 Å². The number of hydrogen-bond acceptors (Lipinski definition) is 0. The van der Waals surface area contributed by atoms with Crippen LogP contribution in [0.4, 0.5) is 0 Å². The summed E-state index contributed by atoms with van der Waals surface area (Å²) in [5.41, 5.74) is 10.6. The van der Waals surface area contributed by atoms with Crippen LogP contribution in [-0.4, -0.2) is 0 Å². The fourth-order valence-electron chi connectivity index (χ4n) is 3.32. The Balaban J connectivity index is 2.36. The second-order valence-corrected chi connectivity index (χ2v) is 6.43. The van der Waals surface area contributed by atoms with Gasteiger partial charge in [0.05, 0.1) is 0 Å². The zero-order chi connectivity index (χ0) is 17.1. The van der Waals surface area contributed by atoms with Crippen LogP contribution in [-0.2, 0) is 0 Å². The Hall–Kier alpha value is -2.60. The van der Waals surface area contributed by atoms with E-state index in [0.717, 1.165) is 0 Å². The van der Waals surface area contributed by atoms with Gasteiger partial charge in [0.15, 0.2) is 0 Å². The van der Waals surface area contributed by atoms with E-state index in [1.807, 2.05) is 0 Å². The maximum absolute atomic E-state index is 2.24. The van der Waals surface area contributed by atoms with Crippen LogP contribution in [0.1, 0.15) is 40.3 Å². The number of allylic oxidation sites excluding steroid dienone is 1. The molecule has 120 valence electrons. The van der Waals surface area contributed by atoms with Gasteiger partial charge in [-0.2, -0.15) is 0 Å². The molecule has 0 aromatic heterocycles. The Labute approximate surface area is 145 Å². The molecule has 0 saturated carbocycles. The van der Waals surface area contributed by atoms with Gasteiger partial charge in [-0.25, -0.2) is 0 Å². The molecule has 0 bridgehead atoms. The predicted octanol–water partition coefficient (Wildman–Crippen LogP) is 6.59. The summed E-state index contributed by atoms with van der Waals surface area (Å²) in [6, 6.07) is 25.9. The second-order valence-electron chi connectivity index (χ2n) is 6.43. The molecule has 0 spiro atoms. The molecule has 3 aromatic rings. The third-order valence-electron chi connectivity index (χ3n) is 4.84. The van der Waals surface area contributed by atoms with Gasteiger partial charge in [-0.1, -0.05) is 72.8 Å². The van der Waals surface area contributed by atoms with Gasteiger partial charge < -0.3 is 0 Å². The largest absolute Gasteiger partial charge is 0.0622 e. The standard InChI is InChI=1S/C24H24/c1-17-15-16-18(2)23(19(17)3)24(22-13-9-6-10-14-22)20(4)21-11-7-5-8-12-21/h5-16H,1-4H3/b24-20+. The van der Waals surface area contributed by atoms with Gasteiger partial charge in [0.25, 0.3) is 0 Å². The molecule has 0 aliphatic heterocycles. The molecule has 0 aliphatic rings. The van der Waals surface area contributed by atoms with Crippen molar-refractivity contribution >= 4 is 11.1 Å². The third-order valence-corrected chi connectivity index (χ3v) is 4.84. The number of aryl methyl sites for hydroxylation is 2. The second kappa shape index (κ2) is 6.88. The monoisotopic (exact) mass is 312 g/mol. The Kier molecular flexibility index (Phi) is 4.66. The van der Waals surface area contributed by atoms with E-state index in [0.29, 0.717) is 0 Å². The molecule has 24 heavy (non-hydrogen) atoms. The summed E-state index contributed by atoms with van der Waals surface area (Å²) in [7, 11) is 0. The molecule has 0 aliphatic carbocycles. The Bertz CT molecular complexity index is 869. The average molecular weight is 312 g/mol. The van der Waals surface area contributed by atoms with Crippen molar-refractivity contribution in [3.8, 4) is 0 Å². The minimum atomic E-state index is 1.27. The van der Waals surface area contributed by atoms with Gasteiger partial charge in [0.2, 0.25) is 0 Å². The number of hydrogen-bond donors (Lipinski definition) is 0. The predicted molar refractivity (Wildman–Crippen MR) is 105 cm³/mol. The topological polar surface area (TPSA) is 0 Å². The molecule has 0 radical (unpaired) electrons. The van der Waals surface area contributed by atoms with Crippen molar-refractivity contribution in [3.63, 3.8) is 0 Å². The molecule has 0 amide bonds. The van der Waals surface area contributed by atoms with Crippen LogP contribution in [0.2, 0.25) is 0 Å². The van der Waals surface area contributed by atoms with Crippen LogP contribution in [0, 0.1) is 20.8 Å². The summed E-state index contributed by atoms with van der Waals surface area (Å²) >= 11 is 0. The molecule has 3 rings (SSSR count). The summed E-state index contributed by atoms with van der Waals surface area (Å²) in [6.07, 6.45) is 0. The first-order chi connectivity index (χ1) is 11.6. The van der Waals surface area contributed by atoms with Gasteiger partial charge in [-0.15, -0.1) is 0 Å². The molecule has 0 atom stereocenters. The molecular weight excluding hydrogens is 288 g/mol. The Morgan fingerprint density at radius 3 is 1.67 bits per heavy atom. The van der Waals surface area contributed by atoms with Crippen LogP contribution in [0.5, 0.6) is 0 Å².